The van der Waals surface area contributed by atoms with Gasteiger partial charge >= 0.3 is 6.36 Å². The Morgan fingerprint density at radius 3 is 2.60 bits per heavy atom. The first-order valence-electron chi connectivity index (χ1n) is 7.97. The summed E-state index contributed by atoms with van der Waals surface area (Å²) in [5.74, 6) is -0.425. The molecule has 1 aromatic carbocycles. The third-order valence-corrected chi connectivity index (χ3v) is 3.78. The second kappa shape index (κ2) is 10.5. The van der Waals surface area contributed by atoms with Crippen molar-refractivity contribution < 1.29 is 22.7 Å². The second-order valence-electron chi connectivity index (χ2n) is 5.60. The molecule has 0 aromatic heterocycles. The number of amides is 1. The van der Waals surface area contributed by atoms with Crippen LogP contribution in [0.2, 0.25) is 0 Å². The molecule has 1 aromatic rings. The number of hydrogen-bond donors (Lipinski definition) is 2. The molecule has 0 unspecified atom stereocenters. The second-order valence-corrected chi connectivity index (χ2v) is 5.60. The van der Waals surface area contributed by atoms with Crippen LogP contribution in [0.5, 0.6) is 5.75 Å². The van der Waals surface area contributed by atoms with Crippen molar-refractivity contribution in [2.75, 3.05) is 39.3 Å². The Morgan fingerprint density at radius 2 is 1.92 bits per heavy atom. The number of aryl methyl sites for hydroxylation is 1. The van der Waals surface area contributed by atoms with E-state index >= 15 is 0 Å². The largest absolute Gasteiger partial charge is 0.573 e. The first kappa shape index (κ1) is 21.5. The zero-order valence-corrected chi connectivity index (χ0v) is 14.6. The van der Waals surface area contributed by atoms with Gasteiger partial charge in [0.1, 0.15) is 5.75 Å². The number of benzene rings is 1. The Labute approximate surface area is 151 Å². The summed E-state index contributed by atoms with van der Waals surface area (Å²) >= 11 is 0. The van der Waals surface area contributed by atoms with Crippen molar-refractivity contribution in [2.24, 2.45) is 0 Å². The quantitative estimate of drug-likeness (QED) is 0.758. The van der Waals surface area contributed by atoms with E-state index in [2.05, 4.69) is 20.3 Å². The molecule has 0 atom stereocenters. The van der Waals surface area contributed by atoms with Crippen LogP contribution >= 0.6 is 12.4 Å². The van der Waals surface area contributed by atoms with E-state index in [0.29, 0.717) is 12.1 Å². The lowest BCUT2D eigenvalue weighted by atomic mass is 10.1. The van der Waals surface area contributed by atoms with Crippen LogP contribution in [-0.2, 0) is 11.2 Å². The van der Waals surface area contributed by atoms with Crippen molar-refractivity contribution in [3.05, 3.63) is 29.8 Å². The monoisotopic (exact) mass is 381 g/mol. The molecule has 0 saturated carbocycles. The summed E-state index contributed by atoms with van der Waals surface area (Å²) in [7, 11) is 0. The van der Waals surface area contributed by atoms with E-state index in [0.717, 1.165) is 32.7 Å². The van der Waals surface area contributed by atoms with Gasteiger partial charge < -0.3 is 15.4 Å². The first-order valence-corrected chi connectivity index (χ1v) is 7.97. The topological polar surface area (TPSA) is 53.6 Å². The number of para-hydroxylation sites is 1. The van der Waals surface area contributed by atoms with Gasteiger partial charge in [0.2, 0.25) is 5.91 Å². The molecule has 1 saturated heterocycles. The number of piperazine rings is 1. The predicted octanol–water partition coefficient (Wildman–Crippen LogP) is 1.96. The van der Waals surface area contributed by atoms with Crippen molar-refractivity contribution in [1.82, 2.24) is 15.5 Å². The molecular formula is C16H23ClF3N3O2. The van der Waals surface area contributed by atoms with Crippen molar-refractivity contribution >= 4 is 18.3 Å². The fourth-order valence-electron chi connectivity index (χ4n) is 2.56. The average Bonchev–Trinajstić information content (AvgIpc) is 2.54. The van der Waals surface area contributed by atoms with Crippen molar-refractivity contribution in [3.63, 3.8) is 0 Å². The SMILES string of the molecule is Cl.O=C(CCc1ccccc1OC(F)(F)F)NCCN1CCNCC1. The summed E-state index contributed by atoms with van der Waals surface area (Å²) in [6.07, 6.45) is -4.41. The van der Waals surface area contributed by atoms with Crippen molar-refractivity contribution in [2.45, 2.75) is 19.2 Å². The molecule has 1 aliphatic rings. The molecule has 1 fully saturated rings. The lowest BCUT2D eigenvalue weighted by Crippen LogP contribution is -2.46. The number of carbonyl (C=O) groups excluding carboxylic acids is 1. The average molecular weight is 382 g/mol. The summed E-state index contributed by atoms with van der Waals surface area (Å²) < 4.78 is 41.0. The molecular weight excluding hydrogens is 359 g/mol. The fraction of sp³-hybridized carbons (Fsp3) is 0.562. The summed E-state index contributed by atoms with van der Waals surface area (Å²) in [5.41, 5.74) is 0.368. The number of carbonyl (C=O) groups is 1. The molecule has 0 radical (unpaired) electrons. The molecule has 0 spiro atoms. The number of ether oxygens (including phenoxy) is 1. The lowest BCUT2D eigenvalue weighted by molar-refractivity contribution is -0.274. The molecule has 142 valence electrons. The van der Waals surface area contributed by atoms with Gasteiger partial charge in [-0.25, -0.2) is 0 Å². The highest BCUT2D eigenvalue weighted by Gasteiger charge is 2.31. The molecule has 2 N–H and O–H groups in total. The first-order chi connectivity index (χ1) is 11.4. The Kier molecular flexibility index (Phi) is 9.02. The Hall–Kier alpha value is -1.51. The number of hydrogen-bond acceptors (Lipinski definition) is 4. The third-order valence-electron chi connectivity index (χ3n) is 3.78. The molecule has 1 aliphatic heterocycles. The summed E-state index contributed by atoms with van der Waals surface area (Å²) in [6.45, 7) is 5.13. The molecule has 0 bridgehead atoms. The van der Waals surface area contributed by atoms with E-state index in [9.17, 15) is 18.0 Å². The molecule has 25 heavy (non-hydrogen) atoms. The lowest BCUT2D eigenvalue weighted by Gasteiger charge is -2.27. The number of halogens is 4. The Morgan fingerprint density at radius 1 is 1.24 bits per heavy atom. The van der Waals surface area contributed by atoms with Crippen LogP contribution in [0.1, 0.15) is 12.0 Å². The fourth-order valence-corrected chi connectivity index (χ4v) is 2.56. The van der Waals surface area contributed by atoms with E-state index < -0.39 is 6.36 Å². The van der Waals surface area contributed by atoms with Crippen molar-refractivity contribution in [3.8, 4) is 5.75 Å². The number of nitrogens with zero attached hydrogens (tertiary/aromatic N) is 1. The van der Waals surface area contributed by atoms with Crippen LogP contribution < -0.4 is 15.4 Å². The standard InChI is InChI=1S/C16H22F3N3O2.ClH/c17-16(18,19)24-14-4-2-1-3-13(14)5-6-15(23)21-9-12-22-10-7-20-8-11-22;/h1-4,20H,5-12H2,(H,21,23);1H. The number of rotatable bonds is 7. The van der Waals surface area contributed by atoms with Gasteiger partial charge in [0.25, 0.3) is 0 Å². The van der Waals surface area contributed by atoms with Gasteiger partial charge in [-0.05, 0) is 18.1 Å². The van der Waals surface area contributed by atoms with Crippen LogP contribution in [0, 0.1) is 0 Å². The molecule has 1 amide bonds. The van der Waals surface area contributed by atoms with Crippen LogP contribution in [0.3, 0.4) is 0 Å². The molecule has 9 heteroatoms. The van der Waals surface area contributed by atoms with Gasteiger partial charge in [0, 0.05) is 45.7 Å². The zero-order valence-electron chi connectivity index (χ0n) is 13.8. The minimum Gasteiger partial charge on any atom is -0.406 e. The minimum atomic E-state index is -4.73. The van der Waals surface area contributed by atoms with Crippen LogP contribution in [0.15, 0.2) is 24.3 Å². The predicted molar refractivity (Wildman–Crippen MR) is 91.0 cm³/mol. The van der Waals surface area contributed by atoms with Gasteiger partial charge in [0.05, 0.1) is 0 Å². The normalized spacial score (nSPS) is 15.3. The number of nitrogens with one attached hydrogen (secondary N) is 2. The van der Waals surface area contributed by atoms with Gasteiger partial charge in [-0.3, -0.25) is 9.69 Å². The third kappa shape index (κ3) is 8.42. The molecule has 5 nitrogen and oxygen atoms in total. The molecule has 2 rings (SSSR count). The van der Waals surface area contributed by atoms with Gasteiger partial charge in [0.15, 0.2) is 0 Å². The van der Waals surface area contributed by atoms with E-state index in [1.165, 1.54) is 18.2 Å². The van der Waals surface area contributed by atoms with Gasteiger partial charge in [-0.2, -0.15) is 0 Å². The molecule has 0 aliphatic carbocycles. The maximum atomic E-state index is 12.4. The van der Waals surface area contributed by atoms with Crippen molar-refractivity contribution in [1.29, 1.82) is 0 Å². The maximum absolute atomic E-state index is 12.4. The molecule has 1 heterocycles. The highest BCUT2D eigenvalue weighted by molar-refractivity contribution is 5.85. The Bertz CT molecular complexity index is 538. The Balaban J connectivity index is 0.00000312. The maximum Gasteiger partial charge on any atom is 0.573 e. The summed E-state index contributed by atoms with van der Waals surface area (Å²) in [4.78, 5) is 14.1. The van der Waals surface area contributed by atoms with Gasteiger partial charge in [-0.15, -0.1) is 25.6 Å². The minimum absolute atomic E-state index is 0. The van der Waals surface area contributed by atoms with Gasteiger partial charge in [-0.1, -0.05) is 18.2 Å². The zero-order chi connectivity index (χ0) is 17.4. The smallest absolute Gasteiger partial charge is 0.406 e. The highest BCUT2D eigenvalue weighted by atomic mass is 35.5. The summed E-state index contributed by atoms with van der Waals surface area (Å²) in [5, 5.41) is 6.06. The highest BCUT2D eigenvalue weighted by Crippen LogP contribution is 2.26. The van der Waals surface area contributed by atoms with Crippen LogP contribution in [0.4, 0.5) is 13.2 Å². The van der Waals surface area contributed by atoms with E-state index in [1.807, 2.05) is 0 Å². The van der Waals surface area contributed by atoms with E-state index in [1.54, 1.807) is 6.07 Å². The summed E-state index contributed by atoms with van der Waals surface area (Å²) in [6, 6.07) is 5.89. The van der Waals surface area contributed by atoms with E-state index in [4.69, 9.17) is 0 Å². The van der Waals surface area contributed by atoms with Crippen LogP contribution in [-0.4, -0.2) is 56.4 Å². The van der Waals surface area contributed by atoms with Crippen LogP contribution in [0.25, 0.3) is 0 Å². The number of alkyl halides is 3. The van der Waals surface area contributed by atoms with E-state index in [-0.39, 0.29) is 36.9 Å².